The molecule has 1 fully saturated rings. The molecule has 1 aromatic carbocycles. The minimum atomic E-state index is -1.08. The number of phenolic OH excluding ortho intramolecular Hbond substituents is 1. The summed E-state index contributed by atoms with van der Waals surface area (Å²) in [5, 5.41) is 23.5. The average molecular weight is 292 g/mol. The Labute approximate surface area is 123 Å². The molecule has 0 spiro atoms. The van der Waals surface area contributed by atoms with E-state index in [-0.39, 0.29) is 12.2 Å². The van der Waals surface area contributed by atoms with E-state index in [1.54, 1.807) is 12.1 Å². The molecular weight excluding hydrogens is 272 g/mol. The van der Waals surface area contributed by atoms with Crippen LogP contribution in [0.5, 0.6) is 5.75 Å². The fourth-order valence-corrected chi connectivity index (χ4v) is 2.07. The summed E-state index contributed by atoms with van der Waals surface area (Å²) in [6.45, 7) is 0.571. The molecule has 4 N–H and O–H groups in total. The molecule has 0 aromatic heterocycles. The van der Waals surface area contributed by atoms with Gasteiger partial charge >= 0.3 is 12.0 Å². The van der Waals surface area contributed by atoms with Crippen LogP contribution in [-0.2, 0) is 11.2 Å². The SMILES string of the molecule is O=C(NCCC1CC1)N[C@@H](Cc1ccc(O)cc1)C(=O)O. The first-order valence-electron chi connectivity index (χ1n) is 7.09. The molecule has 0 radical (unpaired) electrons. The summed E-state index contributed by atoms with van der Waals surface area (Å²) in [5.74, 6) is -0.241. The van der Waals surface area contributed by atoms with Gasteiger partial charge < -0.3 is 20.8 Å². The second kappa shape index (κ2) is 6.97. The van der Waals surface area contributed by atoms with Gasteiger partial charge in [-0.25, -0.2) is 9.59 Å². The van der Waals surface area contributed by atoms with Gasteiger partial charge in [0.05, 0.1) is 0 Å². The van der Waals surface area contributed by atoms with Gasteiger partial charge in [-0.1, -0.05) is 25.0 Å². The molecule has 0 bridgehead atoms. The van der Waals surface area contributed by atoms with Crippen molar-refractivity contribution in [2.24, 2.45) is 5.92 Å². The van der Waals surface area contributed by atoms with E-state index in [4.69, 9.17) is 5.11 Å². The maximum absolute atomic E-state index is 11.7. The van der Waals surface area contributed by atoms with Crippen LogP contribution in [0.4, 0.5) is 4.79 Å². The summed E-state index contributed by atoms with van der Waals surface area (Å²) in [6, 6.07) is 4.81. The number of rotatable bonds is 7. The lowest BCUT2D eigenvalue weighted by molar-refractivity contribution is -0.139. The van der Waals surface area contributed by atoms with E-state index >= 15 is 0 Å². The molecule has 0 heterocycles. The van der Waals surface area contributed by atoms with Gasteiger partial charge in [0.1, 0.15) is 11.8 Å². The first-order chi connectivity index (χ1) is 10.0. The average Bonchev–Trinajstić information content (AvgIpc) is 3.24. The Hall–Kier alpha value is -2.24. The Kier molecular flexibility index (Phi) is 5.03. The van der Waals surface area contributed by atoms with Gasteiger partial charge in [-0.3, -0.25) is 0 Å². The molecule has 114 valence electrons. The van der Waals surface area contributed by atoms with E-state index in [2.05, 4.69) is 10.6 Å². The van der Waals surface area contributed by atoms with Crippen LogP contribution in [0.3, 0.4) is 0 Å². The molecule has 21 heavy (non-hydrogen) atoms. The van der Waals surface area contributed by atoms with E-state index in [0.717, 1.165) is 17.9 Å². The van der Waals surface area contributed by atoms with E-state index in [1.165, 1.54) is 25.0 Å². The van der Waals surface area contributed by atoms with Crippen LogP contribution in [0, 0.1) is 5.92 Å². The van der Waals surface area contributed by atoms with Crippen molar-refractivity contribution in [3.63, 3.8) is 0 Å². The number of hydrogen-bond donors (Lipinski definition) is 4. The van der Waals surface area contributed by atoms with Crippen molar-refractivity contribution in [3.05, 3.63) is 29.8 Å². The lowest BCUT2D eigenvalue weighted by Gasteiger charge is -2.15. The van der Waals surface area contributed by atoms with Gasteiger partial charge in [0, 0.05) is 13.0 Å². The number of hydrogen-bond acceptors (Lipinski definition) is 3. The number of urea groups is 1. The number of carboxylic acids is 1. The van der Waals surface area contributed by atoms with Crippen molar-refractivity contribution in [3.8, 4) is 5.75 Å². The number of carboxylic acid groups (broad SMARTS) is 1. The summed E-state index contributed by atoms with van der Waals surface area (Å²) >= 11 is 0. The third-order valence-corrected chi connectivity index (χ3v) is 3.51. The van der Waals surface area contributed by atoms with Gasteiger partial charge in [-0.15, -0.1) is 0 Å². The zero-order valence-corrected chi connectivity index (χ0v) is 11.7. The first-order valence-corrected chi connectivity index (χ1v) is 7.09. The number of phenols is 1. The first kappa shape index (κ1) is 15.2. The third-order valence-electron chi connectivity index (χ3n) is 3.51. The Balaban J connectivity index is 1.81. The molecule has 1 aliphatic rings. The number of carbonyl (C=O) groups excluding carboxylic acids is 1. The van der Waals surface area contributed by atoms with Crippen LogP contribution in [0.25, 0.3) is 0 Å². The van der Waals surface area contributed by atoms with Gasteiger partial charge in [0.25, 0.3) is 0 Å². The Morgan fingerprint density at radius 3 is 2.48 bits per heavy atom. The molecule has 1 atom stereocenters. The number of nitrogens with one attached hydrogen (secondary N) is 2. The highest BCUT2D eigenvalue weighted by Gasteiger charge is 2.22. The van der Waals surface area contributed by atoms with Crippen molar-refractivity contribution in [2.75, 3.05) is 6.54 Å². The minimum Gasteiger partial charge on any atom is -0.508 e. The molecule has 6 heteroatoms. The Morgan fingerprint density at radius 2 is 1.90 bits per heavy atom. The standard InChI is InChI=1S/C15H20N2O4/c18-12-5-3-11(4-6-12)9-13(14(19)20)17-15(21)16-8-7-10-1-2-10/h3-6,10,13,18H,1-2,7-9H2,(H,19,20)(H2,16,17,21)/t13-/m0/s1. The fourth-order valence-electron chi connectivity index (χ4n) is 2.07. The quantitative estimate of drug-likeness (QED) is 0.612. The highest BCUT2D eigenvalue weighted by molar-refractivity contribution is 5.82. The second-order valence-corrected chi connectivity index (χ2v) is 5.39. The van der Waals surface area contributed by atoms with E-state index in [9.17, 15) is 14.7 Å². The molecule has 1 saturated carbocycles. The fraction of sp³-hybridized carbons (Fsp3) is 0.467. The molecule has 2 rings (SSSR count). The molecule has 1 aliphatic carbocycles. The predicted molar refractivity (Wildman–Crippen MR) is 77.1 cm³/mol. The lowest BCUT2D eigenvalue weighted by Crippen LogP contribution is -2.47. The molecule has 0 saturated heterocycles. The summed E-state index contributed by atoms with van der Waals surface area (Å²) in [5.41, 5.74) is 0.735. The van der Waals surface area contributed by atoms with Crippen LogP contribution in [0.2, 0.25) is 0 Å². The Morgan fingerprint density at radius 1 is 1.24 bits per heavy atom. The van der Waals surface area contributed by atoms with E-state index in [1.807, 2.05) is 0 Å². The smallest absolute Gasteiger partial charge is 0.326 e. The molecule has 2 amide bonds. The number of amides is 2. The van der Waals surface area contributed by atoms with Crippen molar-refractivity contribution in [1.82, 2.24) is 10.6 Å². The molecule has 0 unspecified atom stereocenters. The molecular formula is C15H20N2O4. The number of benzene rings is 1. The van der Waals surface area contributed by atoms with Gasteiger partial charge in [0.2, 0.25) is 0 Å². The maximum atomic E-state index is 11.7. The topological polar surface area (TPSA) is 98.7 Å². The molecule has 6 nitrogen and oxygen atoms in total. The third kappa shape index (κ3) is 5.33. The number of carbonyl (C=O) groups is 2. The van der Waals surface area contributed by atoms with Crippen LogP contribution in [0.15, 0.2) is 24.3 Å². The van der Waals surface area contributed by atoms with Crippen molar-refractivity contribution >= 4 is 12.0 Å². The molecule has 0 aliphatic heterocycles. The highest BCUT2D eigenvalue weighted by atomic mass is 16.4. The monoisotopic (exact) mass is 292 g/mol. The minimum absolute atomic E-state index is 0.122. The lowest BCUT2D eigenvalue weighted by atomic mass is 10.1. The second-order valence-electron chi connectivity index (χ2n) is 5.39. The van der Waals surface area contributed by atoms with Crippen LogP contribution < -0.4 is 10.6 Å². The summed E-state index contributed by atoms with van der Waals surface area (Å²) in [6.07, 6.45) is 3.57. The summed E-state index contributed by atoms with van der Waals surface area (Å²) in [7, 11) is 0. The Bertz CT molecular complexity index is 497. The van der Waals surface area contributed by atoms with Crippen molar-refractivity contribution < 1.29 is 19.8 Å². The van der Waals surface area contributed by atoms with Crippen molar-refractivity contribution in [2.45, 2.75) is 31.7 Å². The van der Waals surface area contributed by atoms with E-state index < -0.39 is 18.0 Å². The van der Waals surface area contributed by atoms with Crippen molar-refractivity contribution in [1.29, 1.82) is 0 Å². The number of aromatic hydroxyl groups is 1. The van der Waals surface area contributed by atoms with Gasteiger partial charge in [0.15, 0.2) is 0 Å². The van der Waals surface area contributed by atoms with E-state index in [0.29, 0.717) is 6.54 Å². The van der Waals surface area contributed by atoms with Gasteiger partial charge in [-0.05, 0) is 30.0 Å². The zero-order chi connectivity index (χ0) is 15.2. The largest absolute Gasteiger partial charge is 0.508 e. The summed E-state index contributed by atoms with van der Waals surface area (Å²) in [4.78, 5) is 22.9. The van der Waals surface area contributed by atoms with Gasteiger partial charge in [-0.2, -0.15) is 0 Å². The normalized spacial score (nSPS) is 15.2. The highest BCUT2D eigenvalue weighted by Crippen LogP contribution is 2.31. The molecule has 1 aromatic rings. The summed E-state index contributed by atoms with van der Waals surface area (Å²) < 4.78 is 0. The predicted octanol–water partition coefficient (Wildman–Crippen LogP) is 1.49. The number of aliphatic carboxylic acids is 1. The van der Waals surface area contributed by atoms with Crippen LogP contribution in [-0.4, -0.2) is 34.8 Å². The zero-order valence-electron chi connectivity index (χ0n) is 11.7. The maximum Gasteiger partial charge on any atom is 0.326 e. The van der Waals surface area contributed by atoms with Crippen LogP contribution >= 0.6 is 0 Å². The van der Waals surface area contributed by atoms with Crippen LogP contribution in [0.1, 0.15) is 24.8 Å².